The van der Waals surface area contributed by atoms with Crippen molar-refractivity contribution in [3.8, 4) is 0 Å². The van der Waals surface area contributed by atoms with Crippen LogP contribution < -0.4 is 5.43 Å². The summed E-state index contributed by atoms with van der Waals surface area (Å²) in [7, 11) is 0. The van der Waals surface area contributed by atoms with E-state index in [1.165, 1.54) is 11.1 Å². The van der Waals surface area contributed by atoms with Gasteiger partial charge in [-0.25, -0.2) is 5.43 Å². The van der Waals surface area contributed by atoms with E-state index in [1.54, 1.807) is 0 Å². The van der Waals surface area contributed by atoms with Crippen LogP contribution in [0, 0.1) is 5.92 Å². The Morgan fingerprint density at radius 1 is 0.871 bits per heavy atom. The highest BCUT2D eigenvalue weighted by Crippen LogP contribution is 2.58. The van der Waals surface area contributed by atoms with Crippen molar-refractivity contribution in [2.75, 3.05) is 0 Å². The molecule has 3 aromatic carbocycles. The lowest BCUT2D eigenvalue weighted by atomic mass is 9.85. The molecule has 0 aliphatic heterocycles. The molecule has 3 nitrogen and oxygen atoms in total. The number of hydrogen-bond donors (Lipinski definition) is 1. The van der Waals surface area contributed by atoms with Gasteiger partial charge in [-0.3, -0.25) is 4.79 Å². The van der Waals surface area contributed by atoms with Crippen LogP contribution in [0.5, 0.6) is 0 Å². The number of carbonyl (C=O) groups is 1. The summed E-state index contributed by atoms with van der Waals surface area (Å²) in [5, 5.41) is 4.28. The minimum Gasteiger partial charge on any atom is -0.273 e. The Kier molecular flexibility index (Phi) is 6.23. The summed E-state index contributed by atoms with van der Waals surface area (Å²) >= 11 is 0. The van der Waals surface area contributed by atoms with Crippen molar-refractivity contribution >= 4 is 17.7 Å². The lowest BCUT2D eigenvalue weighted by Gasteiger charge is -2.18. The van der Waals surface area contributed by atoms with Gasteiger partial charge < -0.3 is 0 Å². The highest BCUT2D eigenvalue weighted by molar-refractivity contribution is 5.94. The number of allylic oxidation sites excluding steroid dienone is 3. The average Bonchev–Trinajstić information content (AvgIpc) is 3.59. The second kappa shape index (κ2) is 9.40. The first-order chi connectivity index (χ1) is 15.2. The van der Waals surface area contributed by atoms with Gasteiger partial charge >= 0.3 is 0 Å². The van der Waals surface area contributed by atoms with Crippen LogP contribution >= 0.6 is 0 Å². The molecule has 1 amide bonds. The predicted molar refractivity (Wildman–Crippen MR) is 128 cm³/mol. The standard InChI is InChI=1S/C28H26N2O/c1-22(13-11-12-16-23-14-5-2-6-15-23)29-30-27(31)26-21-28(26,24-17-7-3-8-18-24)25-19-9-4-10-20-25/h2-20,26H,21H2,1H3,(H,30,31)/b13-11+,16-12+,29-22-/t26-/m0/s1. The summed E-state index contributed by atoms with van der Waals surface area (Å²) in [5.74, 6) is -0.170. The Labute approximate surface area is 183 Å². The molecule has 1 aliphatic carbocycles. The van der Waals surface area contributed by atoms with Crippen molar-refractivity contribution in [3.63, 3.8) is 0 Å². The Hall–Kier alpha value is -3.72. The zero-order valence-corrected chi connectivity index (χ0v) is 17.6. The maximum Gasteiger partial charge on any atom is 0.244 e. The van der Waals surface area contributed by atoms with E-state index < -0.39 is 0 Å². The van der Waals surface area contributed by atoms with Crippen LogP contribution in [0.4, 0.5) is 0 Å². The second-order valence-electron chi connectivity index (χ2n) is 7.82. The van der Waals surface area contributed by atoms with Gasteiger partial charge in [0.15, 0.2) is 0 Å². The number of amides is 1. The summed E-state index contributed by atoms with van der Waals surface area (Å²) in [4.78, 5) is 12.9. The number of hydrazone groups is 1. The van der Waals surface area contributed by atoms with Gasteiger partial charge in [0.2, 0.25) is 5.91 Å². The van der Waals surface area contributed by atoms with E-state index in [4.69, 9.17) is 0 Å². The van der Waals surface area contributed by atoms with Crippen LogP contribution in [0.2, 0.25) is 0 Å². The van der Waals surface area contributed by atoms with E-state index in [2.05, 4.69) is 34.8 Å². The normalized spacial score (nSPS) is 17.7. The molecule has 1 saturated carbocycles. The van der Waals surface area contributed by atoms with E-state index in [0.29, 0.717) is 0 Å². The first kappa shape index (κ1) is 20.5. The van der Waals surface area contributed by atoms with Gasteiger partial charge in [-0.2, -0.15) is 5.10 Å². The fourth-order valence-electron chi connectivity index (χ4n) is 4.04. The third-order valence-electron chi connectivity index (χ3n) is 5.73. The van der Waals surface area contributed by atoms with Crippen molar-refractivity contribution in [1.29, 1.82) is 0 Å². The van der Waals surface area contributed by atoms with E-state index >= 15 is 0 Å². The minimum atomic E-state index is -0.274. The molecule has 0 saturated heterocycles. The molecule has 3 aromatic rings. The maximum atomic E-state index is 12.9. The zero-order chi connectivity index (χ0) is 21.5. The monoisotopic (exact) mass is 406 g/mol. The summed E-state index contributed by atoms with van der Waals surface area (Å²) in [6, 6.07) is 30.7. The third kappa shape index (κ3) is 4.72. The number of rotatable bonds is 7. The first-order valence-corrected chi connectivity index (χ1v) is 10.5. The highest BCUT2D eigenvalue weighted by Gasteiger charge is 2.60. The average molecular weight is 407 g/mol. The number of carbonyl (C=O) groups excluding carboxylic acids is 1. The van der Waals surface area contributed by atoms with E-state index in [1.807, 2.05) is 98.0 Å². The highest BCUT2D eigenvalue weighted by atomic mass is 16.2. The number of nitrogens with one attached hydrogen (secondary N) is 1. The molecule has 0 heterocycles. The molecule has 0 aromatic heterocycles. The van der Waals surface area contributed by atoms with E-state index in [-0.39, 0.29) is 17.2 Å². The summed E-state index contributed by atoms with van der Waals surface area (Å²) < 4.78 is 0. The van der Waals surface area contributed by atoms with Crippen LogP contribution in [0.25, 0.3) is 6.08 Å². The van der Waals surface area contributed by atoms with Crippen molar-refractivity contribution in [1.82, 2.24) is 5.43 Å². The molecular weight excluding hydrogens is 380 g/mol. The van der Waals surface area contributed by atoms with Crippen LogP contribution in [0.1, 0.15) is 30.0 Å². The smallest absolute Gasteiger partial charge is 0.244 e. The molecule has 1 N–H and O–H groups in total. The van der Waals surface area contributed by atoms with Crippen LogP contribution in [-0.2, 0) is 10.2 Å². The fraction of sp³-hybridized carbons (Fsp3) is 0.143. The molecule has 1 atom stereocenters. The fourth-order valence-corrected chi connectivity index (χ4v) is 4.04. The number of hydrogen-bond acceptors (Lipinski definition) is 2. The second-order valence-corrected chi connectivity index (χ2v) is 7.82. The quantitative estimate of drug-likeness (QED) is 0.303. The van der Waals surface area contributed by atoms with Gasteiger partial charge in [0.1, 0.15) is 0 Å². The van der Waals surface area contributed by atoms with Gasteiger partial charge in [-0.1, -0.05) is 109 Å². The SMILES string of the molecule is CC(/C=C/C=C/c1ccccc1)=N/NC(=O)[C@@H]1CC1(c1ccccc1)c1ccccc1. The molecule has 0 unspecified atom stereocenters. The van der Waals surface area contributed by atoms with Crippen LogP contribution in [-0.4, -0.2) is 11.6 Å². The molecule has 154 valence electrons. The van der Waals surface area contributed by atoms with Crippen molar-refractivity contribution in [2.24, 2.45) is 11.0 Å². The Bertz CT molecular complexity index is 1060. The van der Waals surface area contributed by atoms with Gasteiger partial charge in [0, 0.05) is 5.41 Å². The Morgan fingerprint density at radius 2 is 1.42 bits per heavy atom. The number of benzene rings is 3. The molecule has 1 fully saturated rings. The van der Waals surface area contributed by atoms with Gasteiger partial charge in [0.25, 0.3) is 0 Å². The largest absolute Gasteiger partial charge is 0.273 e. The molecule has 0 bridgehead atoms. The molecule has 1 aliphatic rings. The third-order valence-corrected chi connectivity index (χ3v) is 5.73. The summed E-state index contributed by atoms with van der Waals surface area (Å²) in [6.45, 7) is 1.88. The lowest BCUT2D eigenvalue weighted by Crippen LogP contribution is -2.26. The first-order valence-electron chi connectivity index (χ1n) is 10.5. The predicted octanol–water partition coefficient (Wildman–Crippen LogP) is 5.75. The van der Waals surface area contributed by atoms with Gasteiger partial charge in [-0.15, -0.1) is 0 Å². The number of nitrogens with zero attached hydrogens (tertiary/aromatic N) is 1. The molecule has 31 heavy (non-hydrogen) atoms. The summed E-state index contributed by atoms with van der Waals surface area (Å²) in [5.41, 5.74) is 6.73. The topological polar surface area (TPSA) is 41.5 Å². The summed E-state index contributed by atoms with van der Waals surface area (Å²) in [6.07, 6.45) is 8.59. The minimum absolute atomic E-state index is 0.0414. The molecule has 0 radical (unpaired) electrons. The lowest BCUT2D eigenvalue weighted by molar-refractivity contribution is -0.122. The van der Waals surface area contributed by atoms with Crippen molar-refractivity contribution in [2.45, 2.75) is 18.8 Å². The van der Waals surface area contributed by atoms with Gasteiger partial charge in [-0.05, 0) is 36.1 Å². The van der Waals surface area contributed by atoms with Gasteiger partial charge in [0.05, 0.1) is 11.6 Å². The van der Waals surface area contributed by atoms with Crippen LogP contribution in [0.3, 0.4) is 0 Å². The molecule has 4 rings (SSSR count). The van der Waals surface area contributed by atoms with Crippen LogP contribution in [0.15, 0.2) is 114 Å². The molecular formula is C28H26N2O. The van der Waals surface area contributed by atoms with E-state index in [0.717, 1.165) is 17.7 Å². The maximum absolute atomic E-state index is 12.9. The molecule has 0 spiro atoms. The zero-order valence-electron chi connectivity index (χ0n) is 17.6. The van der Waals surface area contributed by atoms with Crippen molar-refractivity contribution in [3.05, 3.63) is 126 Å². The molecule has 3 heteroatoms. The van der Waals surface area contributed by atoms with Crippen molar-refractivity contribution < 1.29 is 4.79 Å². The Morgan fingerprint density at radius 3 is 2.00 bits per heavy atom. The van der Waals surface area contributed by atoms with E-state index in [9.17, 15) is 4.79 Å². The Balaban J connectivity index is 1.42.